The van der Waals surface area contributed by atoms with Crippen LogP contribution in [0.4, 0.5) is 0 Å². The molecule has 0 saturated heterocycles. The number of rotatable bonds is 14. The Morgan fingerprint density at radius 1 is 1.03 bits per heavy atom. The lowest BCUT2D eigenvalue weighted by Gasteiger charge is -2.13. The van der Waals surface area contributed by atoms with E-state index in [-0.39, 0.29) is 0 Å². The van der Waals surface area contributed by atoms with Crippen molar-refractivity contribution in [2.75, 3.05) is 20.3 Å². The van der Waals surface area contributed by atoms with E-state index in [1.54, 1.807) is 4.68 Å². The maximum absolute atomic E-state index is 5.81. The number of nitrogens with zero attached hydrogens (tertiary/aromatic N) is 3. The predicted octanol–water partition coefficient (Wildman–Crippen LogP) is 5.93. The van der Waals surface area contributed by atoms with Gasteiger partial charge in [0, 0.05) is 13.1 Å². The van der Waals surface area contributed by atoms with Crippen molar-refractivity contribution in [3.8, 4) is 11.6 Å². The number of benzene rings is 1. The van der Waals surface area contributed by atoms with Crippen LogP contribution in [0.25, 0.3) is 0 Å². The molecule has 1 aromatic carbocycles. The van der Waals surface area contributed by atoms with Gasteiger partial charge in [-0.15, -0.1) is 5.10 Å². The van der Waals surface area contributed by atoms with Gasteiger partial charge in [0.1, 0.15) is 25.2 Å². The number of hydrogen-bond acceptors (Lipinski definition) is 5. The number of aryl methyl sites for hydroxylation is 3. The molecule has 0 aliphatic rings. The van der Waals surface area contributed by atoms with Crippen molar-refractivity contribution in [1.82, 2.24) is 9.78 Å². The normalized spacial score (nSPS) is 11.9. The van der Waals surface area contributed by atoms with Crippen LogP contribution in [-0.4, -0.2) is 35.8 Å². The summed E-state index contributed by atoms with van der Waals surface area (Å²) in [6, 6.07) is 6.23. The molecule has 176 valence electrons. The zero-order valence-electron chi connectivity index (χ0n) is 20.6. The fraction of sp³-hybridized carbons (Fsp3) is 0.538. The van der Waals surface area contributed by atoms with Gasteiger partial charge in [0.15, 0.2) is 0 Å². The summed E-state index contributed by atoms with van der Waals surface area (Å²) in [5, 5.41) is 8.33. The molecule has 1 aromatic heterocycles. The number of aromatic nitrogens is 2. The molecule has 2 rings (SSSR count). The second kappa shape index (κ2) is 13.6. The Morgan fingerprint density at radius 2 is 1.72 bits per heavy atom. The molecule has 6 heteroatoms. The lowest BCUT2D eigenvalue weighted by Crippen LogP contribution is -2.04. The van der Waals surface area contributed by atoms with E-state index >= 15 is 0 Å². The molecular weight excluding hydrogens is 402 g/mol. The van der Waals surface area contributed by atoms with Crippen molar-refractivity contribution in [1.29, 1.82) is 0 Å². The number of hydrogen-bond donors (Lipinski definition) is 0. The molecule has 0 atom stereocenters. The molecule has 0 N–H and O–H groups in total. The lowest BCUT2D eigenvalue weighted by molar-refractivity contribution is 0.213. The van der Waals surface area contributed by atoms with Gasteiger partial charge in [-0.25, -0.2) is 0 Å². The molecule has 0 saturated carbocycles. The standard InChI is InChI=1S/C26H39N3O3/c1-7-8-15-31-23-17-20(2)24(21(3)18-23)14-12-10-9-11-13-16-32-26-19-25(29(5)27-26)22(4)28-30-6/h7-8,17-19H,9-16H2,1-6H3/b8-7+,28-22+. The van der Waals surface area contributed by atoms with Crippen LogP contribution in [0.15, 0.2) is 35.5 Å². The van der Waals surface area contributed by atoms with Crippen molar-refractivity contribution < 1.29 is 14.3 Å². The highest BCUT2D eigenvalue weighted by molar-refractivity contribution is 5.97. The maximum Gasteiger partial charge on any atom is 0.233 e. The number of unbranched alkanes of at least 4 members (excludes halogenated alkanes) is 4. The van der Waals surface area contributed by atoms with E-state index in [0.29, 0.717) is 19.1 Å². The van der Waals surface area contributed by atoms with Crippen molar-refractivity contribution in [2.45, 2.75) is 66.2 Å². The molecule has 1 heterocycles. The van der Waals surface area contributed by atoms with Gasteiger partial charge in [0.05, 0.1) is 12.3 Å². The van der Waals surface area contributed by atoms with Crippen LogP contribution in [0.3, 0.4) is 0 Å². The van der Waals surface area contributed by atoms with E-state index < -0.39 is 0 Å². The first-order valence-electron chi connectivity index (χ1n) is 11.5. The SMILES string of the molecule is C/C=C/COc1cc(C)c(CCCCCCCOc2cc(/C(C)=N/OC)n(C)n2)c(C)c1. The van der Waals surface area contributed by atoms with Crippen LogP contribution < -0.4 is 9.47 Å². The predicted molar refractivity (Wildman–Crippen MR) is 131 cm³/mol. The number of allylic oxidation sites excluding steroid dienone is 1. The fourth-order valence-corrected chi connectivity index (χ4v) is 3.82. The van der Waals surface area contributed by atoms with Crippen molar-refractivity contribution in [3.63, 3.8) is 0 Å². The third-order valence-electron chi connectivity index (χ3n) is 5.53. The Hall–Kier alpha value is -2.76. The molecule has 0 aliphatic heterocycles. The Kier molecular flexibility index (Phi) is 10.8. The minimum absolute atomic E-state index is 0.627. The lowest BCUT2D eigenvalue weighted by atomic mass is 9.96. The molecule has 6 nitrogen and oxygen atoms in total. The zero-order valence-corrected chi connectivity index (χ0v) is 20.6. The van der Waals surface area contributed by atoms with Crippen molar-refractivity contribution in [3.05, 3.63) is 52.7 Å². The van der Waals surface area contributed by atoms with E-state index in [2.05, 4.69) is 36.2 Å². The number of ether oxygens (including phenoxy) is 2. The molecule has 0 unspecified atom stereocenters. The minimum atomic E-state index is 0.627. The smallest absolute Gasteiger partial charge is 0.233 e. The van der Waals surface area contributed by atoms with Crippen LogP contribution in [-0.2, 0) is 18.3 Å². The van der Waals surface area contributed by atoms with Gasteiger partial charge in [-0.2, -0.15) is 0 Å². The first-order valence-corrected chi connectivity index (χ1v) is 11.5. The Balaban J connectivity index is 1.65. The average molecular weight is 442 g/mol. The largest absolute Gasteiger partial charge is 0.490 e. The van der Waals surface area contributed by atoms with Crippen LogP contribution >= 0.6 is 0 Å². The van der Waals surface area contributed by atoms with E-state index in [1.165, 1.54) is 49.5 Å². The van der Waals surface area contributed by atoms with E-state index in [4.69, 9.17) is 14.3 Å². The Labute approximate surface area is 193 Å². The first-order chi connectivity index (χ1) is 15.5. The highest BCUT2D eigenvalue weighted by Gasteiger charge is 2.09. The highest BCUT2D eigenvalue weighted by Crippen LogP contribution is 2.24. The minimum Gasteiger partial charge on any atom is -0.490 e. The van der Waals surface area contributed by atoms with E-state index in [9.17, 15) is 0 Å². The van der Waals surface area contributed by atoms with Crippen molar-refractivity contribution in [2.24, 2.45) is 12.2 Å². The molecule has 0 amide bonds. The summed E-state index contributed by atoms with van der Waals surface area (Å²) in [6.45, 7) is 9.58. The second-order valence-corrected chi connectivity index (χ2v) is 8.13. The highest BCUT2D eigenvalue weighted by atomic mass is 16.6. The quantitative estimate of drug-likeness (QED) is 0.158. The molecule has 0 spiro atoms. The Bertz CT molecular complexity index is 877. The molecule has 0 bridgehead atoms. The van der Waals surface area contributed by atoms with Gasteiger partial charge >= 0.3 is 0 Å². The summed E-state index contributed by atoms with van der Waals surface area (Å²) in [5.74, 6) is 1.60. The second-order valence-electron chi connectivity index (χ2n) is 8.13. The first kappa shape index (κ1) is 25.5. The summed E-state index contributed by atoms with van der Waals surface area (Å²) in [6.07, 6.45) is 11.0. The summed E-state index contributed by atoms with van der Waals surface area (Å²) in [7, 11) is 3.42. The summed E-state index contributed by atoms with van der Waals surface area (Å²) in [4.78, 5) is 4.83. The summed E-state index contributed by atoms with van der Waals surface area (Å²) >= 11 is 0. The zero-order chi connectivity index (χ0) is 23.3. The van der Waals surface area contributed by atoms with Crippen LogP contribution in [0.5, 0.6) is 11.6 Å². The van der Waals surface area contributed by atoms with E-state index in [1.807, 2.05) is 39.1 Å². The van der Waals surface area contributed by atoms with Gasteiger partial charge in [0.2, 0.25) is 5.88 Å². The van der Waals surface area contributed by atoms with E-state index in [0.717, 1.165) is 30.0 Å². The average Bonchev–Trinajstić information content (AvgIpc) is 3.12. The summed E-state index contributed by atoms with van der Waals surface area (Å²) < 4.78 is 13.4. The molecule has 0 aliphatic carbocycles. The molecule has 0 radical (unpaired) electrons. The van der Waals surface area contributed by atoms with Gasteiger partial charge in [-0.1, -0.05) is 36.6 Å². The van der Waals surface area contributed by atoms with Gasteiger partial charge < -0.3 is 14.3 Å². The monoisotopic (exact) mass is 441 g/mol. The molecule has 32 heavy (non-hydrogen) atoms. The Morgan fingerprint density at radius 3 is 2.41 bits per heavy atom. The molecule has 2 aromatic rings. The van der Waals surface area contributed by atoms with Gasteiger partial charge in [0.25, 0.3) is 0 Å². The van der Waals surface area contributed by atoms with Crippen molar-refractivity contribution >= 4 is 5.71 Å². The van der Waals surface area contributed by atoms with Crippen LogP contribution in [0, 0.1) is 13.8 Å². The third-order valence-corrected chi connectivity index (χ3v) is 5.53. The van der Waals surface area contributed by atoms with Crippen LogP contribution in [0.2, 0.25) is 0 Å². The van der Waals surface area contributed by atoms with Gasteiger partial charge in [-0.3, -0.25) is 4.68 Å². The van der Waals surface area contributed by atoms with Crippen LogP contribution in [0.1, 0.15) is 68.3 Å². The van der Waals surface area contributed by atoms with Gasteiger partial charge in [-0.05, 0) is 75.8 Å². The third kappa shape index (κ3) is 8.06. The molecular formula is C26H39N3O3. The maximum atomic E-state index is 5.81. The summed E-state index contributed by atoms with van der Waals surface area (Å²) in [5.41, 5.74) is 5.79. The number of oxime groups is 1. The fourth-order valence-electron chi connectivity index (χ4n) is 3.82. The molecule has 0 fully saturated rings. The topological polar surface area (TPSA) is 57.9 Å².